The Morgan fingerprint density at radius 1 is 1.07 bits per heavy atom. The minimum Gasteiger partial charge on any atom is -0.356 e. The van der Waals surface area contributed by atoms with Gasteiger partial charge >= 0.3 is 0 Å². The summed E-state index contributed by atoms with van der Waals surface area (Å²) in [5, 5.41) is 3.56. The van der Waals surface area contributed by atoms with Crippen LogP contribution in [0.4, 0.5) is 0 Å². The minimum absolute atomic E-state index is 0.604. The van der Waals surface area contributed by atoms with Gasteiger partial charge in [-0.15, -0.1) is 0 Å². The zero-order valence-corrected chi connectivity index (χ0v) is 18.0. The molecule has 0 aliphatic carbocycles. The monoisotopic (exact) mass is 373 g/mol. The van der Waals surface area contributed by atoms with Crippen molar-refractivity contribution in [2.24, 2.45) is 10.9 Å². The lowest BCUT2D eigenvalue weighted by Gasteiger charge is -2.35. The molecule has 1 N–H and O–H groups in total. The largest absolute Gasteiger partial charge is 0.356 e. The van der Waals surface area contributed by atoms with Gasteiger partial charge in [0.2, 0.25) is 0 Å². The van der Waals surface area contributed by atoms with Gasteiger partial charge in [-0.25, -0.2) is 0 Å². The van der Waals surface area contributed by atoms with Crippen LogP contribution in [0.15, 0.2) is 29.3 Å². The van der Waals surface area contributed by atoms with Gasteiger partial charge in [0.25, 0.3) is 0 Å². The van der Waals surface area contributed by atoms with Gasteiger partial charge in [-0.3, -0.25) is 4.99 Å². The normalized spacial score (nSPS) is 17.7. The van der Waals surface area contributed by atoms with Gasteiger partial charge in [0.05, 0.1) is 0 Å². The fraction of sp³-hybridized carbons (Fsp3) is 0.682. The van der Waals surface area contributed by atoms with Crippen LogP contribution >= 0.6 is 0 Å². The summed E-state index contributed by atoms with van der Waals surface area (Å²) < 4.78 is 0. The number of nitrogens with one attached hydrogen (secondary N) is 1. The van der Waals surface area contributed by atoms with E-state index in [1.54, 1.807) is 0 Å². The summed E-state index contributed by atoms with van der Waals surface area (Å²) in [5.74, 6) is 1.57. The molecule has 27 heavy (non-hydrogen) atoms. The van der Waals surface area contributed by atoms with Gasteiger partial charge in [-0.1, -0.05) is 45.0 Å². The molecule has 1 aliphatic heterocycles. The van der Waals surface area contributed by atoms with Crippen LogP contribution in [0, 0.1) is 5.92 Å². The Morgan fingerprint density at radius 2 is 1.67 bits per heavy atom. The van der Waals surface area contributed by atoms with Crippen LogP contribution in [-0.4, -0.2) is 80.6 Å². The Morgan fingerprint density at radius 3 is 2.22 bits per heavy atom. The maximum Gasteiger partial charge on any atom is 0.193 e. The van der Waals surface area contributed by atoms with E-state index in [2.05, 4.69) is 77.1 Å². The summed E-state index contributed by atoms with van der Waals surface area (Å²) in [6.45, 7) is 15.7. The topological polar surface area (TPSA) is 34.1 Å². The van der Waals surface area contributed by atoms with Crippen LogP contribution in [-0.2, 0) is 13.0 Å². The lowest BCUT2D eigenvalue weighted by Crippen LogP contribution is -2.48. The average molecular weight is 374 g/mol. The molecular weight excluding hydrogens is 334 g/mol. The first-order valence-electron chi connectivity index (χ1n) is 10.5. The number of hydrogen-bond acceptors (Lipinski definition) is 3. The van der Waals surface area contributed by atoms with Crippen LogP contribution in [0.25, 0.3) is 0 Å². The molecule has 0 saturated carbocycles. The number of piperazine rings is 1. The number of likely N-dealkylation sites (N-methyl/N-ethyl adjacent to an activating group) is 1. The van der Waals surface area contributed by atoms with Gasteiger partial charge in [-0.05, 0) is 30.0 Å². The fourth-order valence-corrected chi connectivity index (χ4v) is 3.67. The van der Waals surface area contributed by atoms with Gasteiger partial charge in [0.1, 0.15) is 0 Å². The second-order valence-corrected chi connectivity index (χ2v) is 7.79. The summed E-state index contributed by atoms with van der Waals surface area (Å²) >= 11 is 0. The SMILES string of the molecule is CCc1ccc(CN(C)C(=NC)NCC(C)CN2CCN(CC)CC2)cc1. The first-order valence-corrected chi connectivity index (χ1v) is 10.5. The molecule has 1 aromatic carbocycles. The van der Waals surface area contributed by atoms with Crippen LogP contribution in [0.1, 0.15) is 31.9 Å². The van der Waals surface area contributed by atoms with E-state index in [9.17, 15) is 0 Å². The number of aryl methyl sites for hydroxylation is 1. The molecule has 1 fully saturated rings. The van der Waals surface area contributed by atoms with Crippen LogP contribution < -0.4 is 5.32 Å². The van der Waals surface area contributed by atoms with Crippen molar-refractivity contribution in [2.45, 2.75) is 33.7 Å². The minimum atomic E-state index is 0.604. The van der Waals surface area contributed by atoms with E-state index in [0.717, 1.165) is 32.0 Å². The highest BCUT2D eigenvalue weighted by Gasteiger charge is 2.17. The summed E-state index contributed by atoms with van der Waals surface area (Å²) in [6, 6.07) is 8.89. The smallest absolute Gasteiger partial charge is 0.193 e. The standard InChI is InChI=1S/C22H39N5/c1-6-20-8-10-21(11-9-20)18-25(5)22(23-4)24-16-19(3)17-27-14-12-26(7-2)13-15-27/h8-11,19H,6-7,12-18H2,1-5H3,(H,23,24). The number of aliphatic imine (C=N–C) groups is 1. The number of rotatable bonds is 8. The molecule has 2 rings (SSSR count). The Balaban J connectivity index is 1.75. The average Bonchev–Trinajstić information content (AvgIpc) is 2.69. The van der Waals surface area contributed by atoms with E-state index < -0.39 is 0 Å². The third-order valence-corrected chi connectivity index (χ3v) is 5.51. The number of hydrogen-bond donors (Lipinski definition) is 1. The molecule has 0 spiro atoms. The Hall–Kier alpha value is -1.59. The van der Waals surface area contributed by atoms with Crippen molar-refractivity contribution in [1.29, 1.82) is 0 Å². The molecule has 5 nitrogen and oxygen atoms in total. The second-order valence-electron chi connectivity index (χ2n) is 7.79. The Bertz CT molecular complexity index is 561. The van der Waals surface area contributed by atoms with E-state index in [1.807, 2.05) is 7.05 Å². The van der Waals surface area contributed by atoms with E-state index in [0.29, 0.717) is 5.92 Å². The fourth-order valence-electron chi connectivity index (χ4n) is 3.67. The number of guanidine groups is 1. The molecule has 1 atom stereocenters. The second kappa shape index (κ2) is 11.3. The zero-order valence-electron chi connectivity index (χ0n) is 18.0. The lowest BCUT2D eigenvalue weighted by molar-refractivity contribution is 0.124. The molecule has 1 aromatic rings. The van der Waals surface area contributed by atoms with Crippen molar-refractivity contribution in [3.8, 4) is 0 Å². The Kier molecular flexibility index (Phi) is 9.08. The molecule has 0 amide bonds. The van der Waals surface area contributed by atoms with Gasteiger partial charge in [0, 0.05) is 59.9 Å². The Labute approximate surface area is 166 Å². The van der Waals surface area contributed by atoms with Crippen molar-refractivity contribution in [3.05, 3.63) is 35.4 Å². The molecule has 0 radical (unpaired) electrons. The third-order valence-electron chi connectivity index (χ3n) is 5.51. The predicted molar refractivity (Wildman–Crippen MR) is 116 cm³/mol. The molecule has 5 heteroatoms. The first-order chi connectivity index (χ1) is 13.0. The van der Waals surface area contributed by atoms with Gasteiger partial charge < -0.3 is 20.0 Å². The molecule has 0 aromatic heterocycles. The van der Waals surface area contributed by atoms with Crippen LogP contribution in [0.3, 0.4) is 0 Å². The highest BCUT2D eigenvalue weighted by Crippen LogP contribution is 2.08. The van der Waals surface area contributed by atoms with Crippen molar-refractivity contribution >= 4 is 5.96 Å². The van der Waals surface area contributed by atoms with Crippen molar-refractivity contribution in [1.82, 2.24) is 20.0 Å². The highest BCUT2D eigenvalue weighted by molar-refractivity contribution is 5.79. The summed E-state index contributed by atoms with van der Waals surface area (Å²) in [4.78, 5) is 11.8. The quantitative estimate of drug-likeness (QED) is 0.561. The summed E-state index contributed by atoms with van der Waals surface area (Å²) in [6.07, 6.45) is 1.09. The first kappa shape index (κ1) is 21.7. The molecule has 1 unspecified atom stereocenters. The lowest BCUT2D eigenvalue weighted by atomic mass is 10.1. The van der Waals surface area contributed by atoms with Crippen molar-refractivity contribution in [2.75, 3.05) is 59.9 Å². The van der Waals surface area contributed by atoms with E-state index in [-0.39, 0.29) is 0 Å². The molecular formula is C22H39N5. The number of benzene rings is 1. The van der Waals surface area contributed by atoms with Crippen LogP contribution in [0.5, 0.6) is 0 Å². The molecule has 1 saturated heterocycles. The van der Waals surface area contributed by atoms with Crippen LogP contribution in [0.2, 0.25) is 0 Å². The molecule has 0 bridgehead atoms. The van der Waals surface area contributed by atoms with Gasteiger partial charge in [-0.2, -0.15) is 0 Å². The predicted octanol–water partition coefficient (Wildman–Crippen LogP) is 2.53. The molecule has 1 heterocycles. The van der Waals surface area contributed by atoms with Crippen molar-refractivity contribution < 1.29 is 0 Å². The van der Waals surface area contributed by atoms with E-state index in [1.165, 1.54) is 43.9 Å². The summed E-state index contributed by atoms with van der Waals surface area (Å²) in [5.41, 5.74) is 2.71. The maximum atomic E-state index is 4.47. The zero-order chi connectivity index (χ0) is 19.6. The molecule has 152 valence electrons. The summed E-state index contributed by atoms with van der Waals surface area (Å²) in [7, 11) is 3.98. The van der Waals surface area contributed by atoms with E-state index in [4.69, 9.17) is 0 Å². The third kappa shape index (κ3) is 7.15. The van der Waals surface area contributed by atoms with Crippen molar-refractivity contribution in [3.63, 3.8) is 0 Å². The maximum absolute atomic E-state index is 4.47. The highest BCUT2D eigenvalue weighted by atomic mass is 15.3. The molecule has 1 aliphatic rings. The van der Waals surface area contributed by atoms with Gasteiger partial charge in [0.15, 0.2) is 5.96 Å². The van der Waals surface area contributed by atoms with E-state index >= 15 is 0 Å². The number of nitrogens with zero attached hydrogens (tertiary/aromatic N) is 4.